The molecule has 0 atom stereocenters. The maximum absolute atomic E-state index is 9.58. The Bertz CT molecular complexity index is 381. The molecule has 0 radical (unpaired) electrons. The van der Waals surface area contributed by atoms with Gasteiger partial charge in [0.15, 0.2) is 0 Å². The zero-order valence-corrected chi connectivity index (χ0v) is 10.3. The van der Waals surface area contributed by atoms with E-state index in [0.717, 1.165) is 0 Å². The molecule has 1 saturated carbocycles. The number of phenolic OH excluding ortho intramolecular Hbond substituents is 2. The standard InChI is InChI=1S/C14H20O3/c1-10-13(16)7-12(15)8-14(10)17-9-11-5-3-2-4-6-11/h7-8,11,15-16H,2-6,9H2,1H3. The lowest BCUT2D eigenvalue weighted by atomic mass is 9.90. The molecule has 0 aromatic heterocycles. The zero-order chi connectivity index (χ0) is 12.3. The Labute approximate surface area is 102 Å². The monoisotopic (exact) mass is 236 g/mol. The first kappa shape index (κ1) is 12.1. The maximum atomic E-state index is 9.58. The van der Waals surface area contributed by atoms with Gasteiger partial charge in [0.2, 0.25) is 0 Å². The Morgan fingerprint density at radius 3 is 2.59 bits per heavy atom. The van der Waals surface area contributed by atoms with Crippen LogP contribution in [0.4, 0.5) is 0 Å². The van der Waals surface area contributed by atoms with Crippen LogP contribution in [0.15, 0.2) is 12.1 Å². The summed E-state index contributed by atoms with van der Waals surface area (Å²) in [5.41, 5.74) is 0.693. The van der Waals surface area contributed by atoms with Crippen LogP contribution in [0.1, 0.15) is 37.7 Å². The Morgan fingerprint density at radius 1 is 1.18 bits per heavy atom. The van der Waals surface area contributed by atoms with Crippen molar-refractivity contribution in [2.45, 2.75) is 39.0 Å². The Kier molecular flexibility index (Phi) is 3.77. The molecule has 17 heavy (non-hydrogen) atoms. The van der Waals surface area contributed by atoms with Crippen molar-refractivity contribution in [3.05, 3.63) is 17.7 Å². The van der Waals surface area contributed by atoms with E-state index in [1.165, 1.54) is 38.2 Å². The number of phenols is 2. The number of hydrogen-bond acceptors (Lipinski definition) is 3. The first-order valence-electron chi connectivity index (χ1n) is 6.32. The Hall–Kier alpha value is -1.38. The summed E-state index contributed by atoms with van der Waals surface area (Å²) in [4.78, 5) is 0. The van der Waals surface area contributed by atoms with Crippen molar-refractivity contribution < 1.29 is 14.9 Å². The summed E-state index contributed by atoms with van der Waals surface area (Å²) in [6, 6.07) is 2.90. The van der Waals surface area contributed by atoms with Gasteiger partial charge in [-0.3, -0.25) is 0 Å². The fourth-order valence-electron chi connectivity index (χ4n) is 2.37. The lowest BCUT2D eigenvalue weighted by Crippen LogP contribution is -2.15. The average molecular weight is 236 g/mol. The van der Waals surface area contributed by atoms with Crippen LogP contribution in [-0.2, 0) is 0 Å². The molecule has 1 fully saturated rings. The molecule has 2 N–H and O–H groups in total. The van der Waals surface area contributed by atoms with Crippen molar-refractivity contribution >= 4 is 0 Å². The molecule has 1 aromatic carbocycles. The van der Waals surface area contributed by atoms with Crippen molar-refractivity contribution in [1.29, 1.82) is 0 Å². The van der Waals surface area contributed by atoms with Crippen LogP contribution in [0, 0.1) is 12.8 Å². The van der Waals surface area contributed by atoms with Crippen LogP contribution < -0.4 is 4.74 Å². The summed E-state index contributed by atoms with van der Waals surface area (Å²) in [6.45, 7) is 2.48. The lowest BCUT2D eigenvalue weighted by molar-refractivity contribution is 0.206. The first-order chi connectivity index (χ1) is 8.16. The number of rotatable bonds is 3. The maximum Gasteiger partial charge on any atom is 0.129 e. The fraction of sp³-hybridized carbons (Fsp3) is 0.571. The summed E-state index contributed by atoms with van der Waals surface area (Å²) in [5.74, 6) is 1.34. The molecule has 2 rings (SSSR count). The highest BCUT2D eigenvalue weighted by atomic mass is 16.5. The minimum Gasteiger partial charge on any atom is -0.508 e. The summed E-state index contributed by atoms with van der Waals surface area (Å²) >= 11 is 0. The number of ether oxygens (including phenoxy) is 1. The van der Waals surface area contributed by atoms with Gasteiger partial charge in [-0.1, -0.05) is 19.3 Å². The average Bonchev–Trinajstić information content (AvgIpc) is 2.33. The molecular formula is C14H20O3. The molecule has 1 aliphatic carbocycles. The largest absolute Gasteiger partial charge is 0.508 e. The molecular weight excluding hydrogens is 216 g/mol. The van der Waals surface area contributed by atoms with Crippen LogP contribution in [-0.4, -0.2) is 16.8 Å². The summed E-state index contributed by atoms with van der Waals surface area (Å²) in [7, 11) is 0. The van der Waals surface area contributed by atoms with Gasteiger partial charge in [-0.2, -0.15) is 0 Å². The predicted molar refractivity (Wildman–Crippen MR) is 66.6 cm³/mol. The molecule has 0 saturated heterocycles. The van der Waals surface area contributed by atoms with Crippen LogP contribution in [0.25, 0.3) is 0 Å². The normalized spacial score (nSPS) is 17.0. The van der Waals surface area contributed by atoms with E-state index >= 15 is 0 Å². The predicted octanol–water partition coefficient (Wildman–Crippen LogP) is 3.37. The zero-order valence-electron chi connectivity index (χ0n) is 10.3. The van der Waals surface area contributed by atoms with E-state index in [1.807, 2.05) is 0 Å². The minimum absolute atomic E-state index is 0.0479. The molecule has 0 unspecified atom stereocenters. The van der Waals surface area contributed by atoms with Crippen molar-refractivity contribution in [3.63, 3.8) is 0 Å². The topological polar surface area (TPSA) is 49.7 Å². The van der Waals surface area contributed by atoms with Crippen molar-refractivity contribution in [2.75, 3.05) is 6.61 Å². The molecule has 3 heteroatoms. The van der Waals surface area contributed by atoms with E-state index in [1.54, 1.807) is 13.0 Å². The van der Waals surface area contributed by atoms with Crippen LogP contribution in [0.5, 0.6) is 17.2 Å². The van der Waals surface area contributed by atoms with E-state index in [0.29, 0.717) is 23.8 Å². The third kappa shape index (κ3) is 3.05. The molecule has 0 amide bonds. The molecule has 1 aliphatic rings. The number of benzene rings is 1. The van der Waals surface area contributed by atoms with Crippen LogP contribution in [0.3, 0.4) is 0 Å². The van der Waals surface area contributed by atoms with Gasteiger partial charge in [0.1, 0.15) is 17.2 Å². The van der Waals surface area contributed by atoms with Crippen molar-refractivity contribution in [3.8, 4) is 17.2 Å². The van der Waals surface area contributed by atoms with Gasteiger partial charge >= 0.3 is 0 Å². The fourth-order valence-corrected chi connectivity index (χ4v) is 2.37. The van der Waals surface area contributed by atoms with Gasteiger partial charge in [-0.15, -0.1) is 0 Å². The van der Waals surface area contributed by atoms with E-state index < -0.39 is 0 Å². The highest BCUT2D eigenvalue weighted by molar-refractivity contribution is 5.48. The van der Waals surface area contributed by atoms with Crippen LogP contribution in [0.2, 0.25) is 0 Å². The second-order valence-corrected chi connectivity index (χ2v) is 4.90. The highest BCUT2D eigenvalue weighted by Gasteiger charge is 2.15. The van der Waals surface area contributed by atoms with Crippen molar-refractivity contribution in [2.24, 2.45) is 5.92 Å². The summed E-state index contributed by atoms with van der Waals surface area (Å²) in [5, 5.41) is 19.0. The van der Waals surface area contributed by atoms with Gasteiger partial charge in [0.25, 0.3) is 0 Å². The number of hydrogen-bond donors (Lipinski definition) is 2. The quantitative estimate of drug-likeness (QED) is 0.846. The molecule has 3 nitrogen and oxygen atoms in total. The lowest BCUT2D eigenvalue weighted by Gasteiger charge is -2.22. The van der Waals surface area contributed by atoms with E-state index in [2.05, 4.69) is 0 Å². The Morgan fingerprint density at radius 2 is 1.88 bits per heavy atom. The van der Waals surface area contributed by atoms with E-state index in [9.17, 15) is 10.2 Å². The summed E-state index contributed by atoms with van der Waals surface area (Å²) < 4.78 is 5.72. The molecule has 0 bridgehead atoms. The van der Waals surface area contributed by atoms with Gasteiger partial charge in [0.05, 0.1) is 6.61 Å². The molecule has 0 heterocycles. The SMILES string of the molecule is Cc1c(O)cc(O)cc1OCC1CCCCC1. The van der Waals surface area contributed by atoms with E-state index in [-0.39, 0.29) is 11.5 Å². The smallest absolute Gasteiger partial charge is 0.129 e. The minimum atomic E-state index is 0.0479. The third-order valence-corrected chi connectivity index (χ3v) is 3.52. The van der Waals surface area contributed by atoms with Crippen LogP contribution >= 0.6 is 0 Å². The van der Waals surface area contributed by atoms with Crippen molar-refractivity contribution in [1.82, 2.24) is 0 Å². The Balaban J connectivity index is 1.98. The second kappa shape index (κ2) is 5.30. The molecule has 1 aromatic rings. The van der Waals surface area contributed by atoms with E-state index in [4.69, 9.17) is 4.74 Å². The molecule has 94 valence electrons. The molecule has 0 aliphatic heterocycles. The third-order valence-electron chi connectivity index (χ3n) is 3.52. The van der Waals surface area contributed by atoms with Gasteiger partial charge < -0.3 is 14.9 Å². The van der Waals surface area contributed by atoms with Gasteiger partial charge in [0, 0.05) is 17.7 Å². The van der Waals surface area contributed by atoms with Gasteiger partial charge in [-0.05, 0) is 25.7 Å². The second-order valence-electron chi connectivity index (χ2n) is 4.90. The number of aromatic hydroxyl groups is 2. The first-order valence-corrected chi connectivity index (χ1v) is 6.32. The summed E-state index contributed by atoms with van der Waals surface area (Å²) in [6.07, 6.45) is 6.37. The van der Waals surface area contributed by atoms with Gasteiger partial charge in [-0.25, -0.2) is 0 Å². The highest BCUT2D eigenvalue weighted by Crippen LogP contribution is 2.33. The molecule has 0 spiro atoms.